The van der Waals surface area contributed by atoms with Gasteiger partial charge in [-0.05, 0) is 27.2 Å². The summed E-state index contributed by atoms with van der Waals surface area (Å²) in [7, 11) is 3.93. The van der Waals surface area contributed by atoms with Gasteiger partial charge in [-0.3, -0.25) is 4.79 Å². The molecule has 0 saturated carbocycles. The van der Waals surface area contributed by atoms with Crippen molar-refractivity contribution in [1.29, 1.82) is 0 Å². The SMILES string of the molecule is CCN(CC)CCn1cc(O)c(=O)cc1CN(C)C. The molecule has 1 aromatic rings. The summed E-state index contributed by atoms with van der Waals surface area (Å²) in [6.07, 6.45) is 1.55. The lowest BCUT2D eigenvalue weighted by Crippen LogP contribution is -2.29. The summed E-state index contributed by atoms with van der Waals surface area (Å²) in [6.45, 7) is 8.65. The van der Waals surface area contributed by atoms with Crippen LogP contribution in [0.15, 0.2) is 17.1 Å². The minimum atomic E-state index is -0.309. The first kappa shape index (κ1) is 15.7. The Kier molecular flexibility index (Phi) is 6.05. The molecule has 0 fully saturated rings. The highest BCUT2D eigenvalue weighted by molar-refractivity contribution is 5.20. The van der Waals surface area contributed by atoms with Gasteiger partial charge in [-0.15, -0.1) is 0 Å². The van der Waals surface area contributed by atoms with Gasteiger partial charge in [0.15, 0.2) is 5.75 Å². The molecule has 5 heteroatoms. The monoisotopic (exact) mass is 267 g/mol. The molecule has 0 aliphatic rings. The van der Waals surface area contributed by atoms with E-state index in [4.69, 9.17) is 0 Å². The van der Waals surface area contributed by atoms with Crippen molar-refractivity contribution in [2.45, 2.75) is 26.9 Å². The first-order chi connectivity index (χ1) is 8.97. The van der Waals surface area contributed by atoms with Crippen LogP contribution in [0.25, 0.3) is 0 Å². The molecule has 0 bridgehead atoms. The van der Waals surface area contributed by atoms with Gasteiger partial charge in [0.1, 0.15) is 0 Å². The number of rotatable bonds is 7. The third-order valence-corrected chi connectivity index (χ3v) is 3.23. The third kappa shape index (κ3) is 4.69. The lowest BCUT2D eigenvalue weighted by Gasteiger charge is -2.22. The smallest absolute Gasteiger partial charge is 0.223 e. The highest BCUT2D eigenvalue weighted by Crippen LogP contribution is 2.07. The molecule has 5 nitrogen and oxygen atoms in total. The van der Waals surface area contributed by atoms with E-state index >= 15 is 0 Å². The summed E-state index contributed by atoms with van der Waals surface area (Å²) in [4.78, 5) is 15.9. The Hall–Kier alpha value is -1.33. The molecule has 0 aliphatic heterocycles. The number of hydrogen-bond acceptors (Lipinski definition) is 4. The van der Waals surface area contributed by atoms with Gasteiger partial charge in [0.25, 0.3) is 0 Å². The van der Waals surface area contributed by atoms with E-state index in [1.807, 2.05) is 23.6 Å². The van der Waals surface area contributed by atoms with Crippen molar-refractivity contribution >= 4 is 0 Å². The van der Waals surface area contributed by atoms with E-state index in [0.29, 0.717) is 6.54 Å². The summed E-state index contributed by atoms with van der Waals surface area (Å²) in [5.41, 5.74) is 0.621. The molecule has 0 spiro atoms. The van der Waals surface area contributed by atoms with E-state index in [-0.39, 0.29) is 11.2 Å². The zero-order valence-electron chi connectivity index (χ0n) is 12.4. The standard InChI is InChI=1S/C14H25N3O2/c1-5-16(6-2)7-8-17-11-14(19)13(18)9-12(17)10-15(3)4/h9,11,19H,5-8,10H2,1-4H3. The number of aromatic hydroxyl groups is 1. The second-order valence-electron chi connectivity index (χ2n) is 4.97. The van der Waals surface area contributed by atoms with Crippen LogP contribution in [0.1, 0.15) is 19.5 Å². The van der Waals surface area contributed by atoms with Crippen molar-refractivity contribution in [2.24, 2.45) is 0 Å². The highest BCUT2D eigenvalue weighted by atomic mass is 16.3. The second kappa shape index (κ2) is 7.31. The van der Waals surface area contributed by atoms with Gasteiger partial charge in [0, 0.05) is 31.4 Å². The predicted molar refractivity (Wildman–Crippen MR) is 77.5 cm³/mol. The van der Waals surface area contributed by atoms with Crippen LogP contribution in [0.2, 0.25) is 0 Å². The van der Waals surface area contributed by atoms with Gasteiger partial charge in [-0.25, -0.2) is 0 Å². The Morgan fingerprint density at radius 2 is 1.89 bits per heavy atom. The van der Waals surface area contributed by atoms with E-state index in [9.17, 15) is 9.90 Å². The summed E-state index contributed by atoms with van der Waals surface area (Å²) >= 11 is 0. The predicted octanol–water partition coefficient (Wildman–Crippen LogP) is 0.957. The molecule has 19 heavy (non-hydrogen) atoms. The van der Waals surface area contributed by atoms with Crippen molar-refractivity contribution in [3.63, 3.8) is 0 Å². The fourth-order valence-electron chi connectivity index (χ4n) is 2.06. The van der Waals surface area contributed by atoms with Gasteiger partial charge in [-0.2, -0.15) is 0 Å². The van der Waals surface area contributed by atoms with Crippen LogP contribution in [-0.4, -0.2) is 53.2 Å². The number of likely N-dealkylation sites (N-methyl/N-ethyl adjacent to an activating group) is 1. The molecule has 0 radical (unpaired) electrons. The van der Waals surface area contributed by atoms with Gasteiger partial charge in [-0.1, -0.05) is 13.8 Å². The van der Waals surface area contributed by atoms with Crippen LogP contribution in [0.3, 0.4) is 0 Å². The number of pyridine rings is 1. The average Bonchev–Trinajstić information content (AvgIpc) is 2.35. The third-order valence-electron chi connectivity index (χ3n) is 3.23. The fraction of sp³-hybridized carbons (Fsp3) is 0.643. The normalized spacial score (nSPS) is 11.5. The van der Waals surface area contributed by atoms with E-state index in [1.165, 1.54) is 6.07 Å². The lowest BCUT2D eigenvalue weighted by molar-refractivity contribution is 0.284. The maximum atomic E-state index is 11.5. The topological polar surface area (TPSA) is 48.7 Å². The number of aromatic nitrogens is 1. The molecule has 0 saturated heterocycles. The molecule has 0 unspecified atom stereocenters. The second-order valence-corrected chi connectivity index (χ2v) is 4.97. The lowest BCUT2D eigenvalue weighted by atomic mass is 10.3. The quantitative estimate of drug-likeness (QED) is 0.799. The summed E-state index contributed by atoms with van der Waals surface area (Å²) in [6, 6.07) is 1.53. The van der Waals surface area contributed by atoms with Gasteiger partial charge < -0.3 is 19.5 Å². The Bertz CT molecular complexity index is 450. The van der Waals surface area contributed by atoms with E-state index < -0.39 is 0 Å². The maximum Gasteiger partial charge on any atom is 0.223 e. The Labute approximate surface area is 115 Å². The molecule has 0 aliphatic carbocycles. The maximum absolute atomic E-state index is 11.5. The fourth-order valence-corrected chi connectivity index (χ4v) is 2.06. The molecule has 108 valence electrons. The molecular weight excluding hydrogens is 242 g/mol. The number of hydrogen-bond donors (Lipinski definition) is 1. The molecule has 1 rings (SSSR count). The minimum absolute atomic E-state index is 0.179. The van der Waals surface area contributed by atoms with Crippen LogP contribution >= 0.6 is 0 Å². The van der Waals surface area contributed by atoms with Crippen molar-refractivity contribution in [2.75, 3.05) is 33.7 Å². The van der Waals surface area contributed by atoms with Crippen LogP contribution in [0.5, 0.6) is 5.75 Å². The molecule has 0 amide bonds. The van der Waals surface area contributed by atoms with Crippen molar-refractivity contribution in [1.82, 2.24) is 14.4 Å². The molecule has 1 N–H and O–H groups in total. The zero-order valence-corrected chi connectivity index (χ0v) is 12.4. The molecular formula is C14H25N3O2. The largest absolute Gasteiger partial charge is 0.503 e. The summed E-state index contributed by atoms with van der Waals surface area (Å²) < 4.78 is 1.97. The Balaban J connectivity index is 2.90. The van der Waals surface area contributed by atoms with Crippen LogP contribution < -0.4 is 5.43 Å². The Morgan fingerprint density at radius 3 is 2.42 bits per heavy atom. The van der Waals surface area contributed by atoms with E-state index in [2.05, 4.69) is 18.7 Å². The van der Waals surface area contributed by atoms with Crippen LogP contribution in [0, 0.1) is 0 Å². The van der Waals surface area contributed by atoms with Gasteiger partial charge in [0.05, 0.1) is 6.20 Å². The van der Waals surface area contributed by atoms with Crippen LogP contribution in [-0.2, 0) is 13.1 Å². The van der Waals surface area contributed by atoms with Gasteiger partial charge >= 0.3 is 0 Å². The van der Waals surface area contributed by atoms with Gasteiger partial charge in [0.2, 0.25) is 5.43 Å². The van der Waals surface area contributed by atoms with Crippen LogP contribution in [0.4, 0.5) is 0 Å². The molecule has 1 heterocycles. The molecule has 1 aromatic heterocycles. The first-order valence-corrected chi connectivity index (χ1v) is 6.77. The van der Waals surface area contributed by atoms with E-state index in [0.717, 1.165) is 31.9 Å². The minimum Gasteiger partial charge on any atom is -0.503 e. The summed E-state index contributed by atoms with van der Waals surface area (Å²) in [5, 5.41) is 9.58. The highest BCUT2D eigenvalue weighted by Gasteiger charge is 2.08. The van der Waals surface area contributed by atoms with Crippen molar-refractivity contribution in [3.8, 4) is 5.75 Å². The molecule has 0 atom stereocenters. The average molecular weight is 267 g/mol. The Morgan fingerprint density at radius 1 is 1.26 bits per heavy atom. The molecule has 0 aromatic carbocycles. The zero-order chi connectivity index (χ0) is 14.4. The summed E-state index contributed by atoms with van der Waals surface area (Å²) in [5.74, 6) is -0.179. The first-order valence-electron chi connectivity index (χ1n) is 6.77. The van der Waals surface area contributed by atoms with Crippen molar-refractivity contribution < 1.29 is 5.11 Å². The van der Waals surface area contributed by atoms with E-state index in [1.54, 1.807) is 6.20 Å². The number of nitrogens with zero attached hydrogens (tertiary/aromatic N) is 3. The van der Waals surface area contributed by atoms with Crippen molar-refractivity contribution in [3.05, 3.63) is 28.2 Å².